The summed E-state index contributed by atoms with van der Waals surface area (Å²) in [5.74, 6) is 0. The fraction of sp³-hybridized carbons (Fsp3) is 0.200. The summed E-state index contributed by atoms with van der Waals surface area (Å²) in [6.07, 6.45) is 0.725. The van der Waals surface area contributed by atoms with Crippen molar-refractivity contribution in [1.29, 1.82) is 0 Å². The van der Waals surface area contributed by atoms with E-state index in [1.807, 2.05) is 0 Å². The van der Waals surface area contributed by atoms with Crippen LogP contribution in [0.25, 0.3) is 0 Å². The first-order chi connectivity index (χ1) is 3.79. The Kier molecular flexibility index (Phi) is 1.20. The third-order valence-corrected chi connectivity index (χ3v) is 0.765. The van der Waals surface area contributed by atoms with Gasteiger partial charge in [-0.25, -0.2) is 9.97 Å². The molecule has 1 heterocycles. The molecule has 42 valence electrons. The third kappa shape index (κ3) is 0.992. The first kappa shape index (κ1) is 5.15. The van der Waals surface area contributed by atoms with Crippen LogP contribution in [0.1, 0.15) is 5.69 Å². The van der Waals surface area contributed by atoms with Gasteiger partial charge < -0.3 is 0 Å². The lowest BCUT2D eigenvalue weighted by Gasteiger charge is -1.85. The minimum Gasteiger partial charge on any atom is -0.211 e. The fourth-order valence-corrected chi connectivity index (χ4v) is 0.418. The summed E-state index contributed by atoms with van der Waals surface area (Å²) in [6.45, 7) is 1.71. The zero-order chi connectivity index (χ0) is 5.98. The van der Waals surface area contributed by atoms with Gasteiger partial charge in [0, 0.05) is 11.9 Å². The summed E-state index contributed by atoms with van der Waals surface area (Å²) in [4.78, 5) is 6.66. The van der Waals surface area contributed by atoms with Gasteiger partial charge in [-0.3, -0.25) is 0 Å². The monoisotopic (exact) mass is 112 g/mol. The van der Waals surface area contributed by atoms with Gasteiger partial charge in [-0.1, -0.05) is 0 Å². The molecule has 3 heteroatoms. The average Bonchev–Trinajstić information content (AvgIpc) is 1.64. The smallest absolute Gasteiger partial charge is 0.211 e. The van der Waals surface area contributed by atoms with Crippen LogP contribution in [0.15, 0.2) is 12.3 Å². The summed E-state index contributed by atoms with van der Waals surface area (Å²) >= 11 is 0. The zero-order valence-electron chi connectivity index (χ0n) is 4.43. The summed E-state index contributed by atoms with van der Waals surface area (Å²) in [7, 11) is 0. The van der Waals surface area contributed by atoms with E-state index in [1.165, 1.54) is 6.20 Å². The second-order valence-corrected chi connectivity index (χ2v) is 1.47. The van der Waals surface area contributed by atoms with Crippen LogP contribution in [0.3, 0.4) is 0 Å². The van der Waals surface area contributed by atoms with Crippen molar-refractivity contribution in [2.75, 3.05) is 0 Å². The van der Waals surface area contributed by atoms with Crippen LogP contribution >= 0.6 is 0 Å². The molecular formula is C5H5FN2. The van der Waals surface area contributed by atoms with E-state index >= 15 is 0 Å². The largest absolute Gasteiger partial charge is 0.308 e. The molecule has 1 aromatic rings. The van der Waals surface area contributed by atoms with Crippen LogP contribution < -0.4 is 0 Å². The van der Waals surface area contributed by atoms with E-state index in [4.69, 9.17) is 0 Å². The molecule has 0 aliphatic rings. The van der Waals surface area contributed by atoms with E-state index in [0.717, 1.165) is 0 Å². The molecule has 0 atom stereocenters. The van der Waals surface area contributed by atoms with Crippen molar-refractivity contribution < 1.29 is 4.39 Å². The Morgan fingerprint density at radius 2 is 2.38 bits per heavy atom. The maximum Gasteiger partial charge on any atom is 0.308 e. The number of hydrogen-bond donors (Lipinski definition) is 0. The molecule has 0 spiro atoms. The van der Waals surface area contributed by atoms with Crippen molar-refractivity contribution in [3.05, 3.63) is 24.0 Å². The lowest BCUT2D eigenvalue weighted by molar-refractivity contribution is 0.535. The highest BCUT2D eigenvalue weighted by atomic mass is 19.1. The van der Waals surface area contributed by atoms with Crippen LogP contribution in [-0.4, -0.2) is 9.97 Å². The van der Waals surface area contributed by atoms with Crippen molar-refractivity contribution in [2.45, 2.75) is 6.92 Å². The summed E-state index contributed by atoms with van der Waals surface area (Å²) < 4.78 is 11.9. The van der Waals surface area contributed by atoms with Gasteiger partial charge in [-0.15, -0.1) is 0 Å². The lowest BCUT2D eigenvalue weighted by atomic mass is 10.5. The molecule has 0 saturated heterocycles. The number of hydrogen-bond acceptors (Lipinski definition) is 2. The van der Waals surface area contributed by atoms with Crippen molar-refractivity contribution in [3.8, 4) is 0 Å². The Bertz CT molecular complexity index is 170. The first-order valence-corrected chi connectivity index (χ1v) is 2.24. The number of aromatic nitrogens is 2. The van der Waals surface area contributed by atoms with Crippen molar-refractivity contribution in [3.63, 3.8) is 0 Å². The van der Waals surface area contributed by atoms with E-state index in [2.05, 4.69) is 9.97 Å². The van der Waals surface area contributed by atoms with Gasteiger partial charge >= 0.3 is 6.08 Å². The van der Waals surface area contributed by atoms with E-state index in [1.54, 1.807) is 13.0 Å². The van der Waals surface area contributed by atoms with Gasteiger partial charge in [0.2, 0.25) is 0 Å². The zero-order valence-corrected chi connectivity index (χ0v) is 4.43. The van der Waals surface area contributed by atoms with Gasteiger partial charge in [0.25, 0.3) is 0 Å². The highest BCUT2D eigenvalue weighted by Gasteiger charge is 1.87. The highest BCUT2D eigenvalue weighted by molar-refractivity contribution is 4.93. The fourth-order valence-electron chi connectivity index (χ4n) is 0.418. The van der Waals surface area contributed by atoms with Crippen LogP contribution in [-0.2, 0) is 0 Å². The summed E-state index contributed by atoms with van der Waals surface area (Å²) in [5, 5.41) is 0. The standard InChI is InChI=1S/C5H5FN2/c1-4-2-3-7-5(6)8-4/h2-3H,1H3. The molecule has 0 saturated carbocycles. The maximum absolute atomic E-state index is 11.9. The maximum atomic E-state index is 11.9. The molecule has 0 N–H and O–H groups in total. The van der Waals surface area contributed by atoms with E-state index in [-0.39, 0.29) is 0 Å². The average molecular weight is 112 g/mol. The first-order valence-electron chi connectivity index (χ1n) is 2.24. The van der Waals surface area contributed by atoms with Crippen LogP contribution in [0.5, 0.6) is 0 Å². The van der Waals surface area contributed by atoms with Crippen LogP contribution in [0, 0.1) is 13.0 Å². The van der Waals surface area contributed by atoms with Gasteiger partial charge in [0.1, 0.15) is 0 Å². The minimum atomic E-state index is -0.662. The molecule has 2 nitrogen and oxygen atoms in total. The predicted molar refractivity (Wildman–Crippen MR) is 26.7 cm³/mol. The SMILES string of the molecule is Cc1ccnc(F)n1. The molecular weight excluding hydrogens is 107 g/mol. The van der Waals surface area contributed by atoms with Crippen molar-refractivity contribution >= 4 is 0 Å². The molecule has 0 amide bonds. The minimum absolute atomic E-state index is 0.650. The van der Waals surface area contributed by atoms with E-state index < -0.39 is 6.08 Å². The Morgan fingerprint density at radius 3 is 2.75 bits per heavy atom. The summed E-state index contributed by atoms with van der Waals surface area (Å²) in [5.41, 5.74) is 0.650. The molecule has 0 fully saturated rings. The molecule has 0 unspecified atom stereocenters. The molecule has 0 aromatic carbocycles. The normalized spacial score (nSPS) is 9.25. The van der Waals surface area contributed by atoms with Crippen molar-refractivity contribution in [2.24, 2.45) is 0 Å². The lowest BCUT2D eigenvalue weighted by Crippen LogP contribution is -1.88. The van der Waals surface area contributed by atoms with Gasteiger partial charge in [-0.05, 0) is 13.0 Å². The van der Waals surface area contributed by atoms with Gasteiger partial charge in [-0.2, -0.15) is 4.39 Å². The van der Waals surface area contributed by atoms with Crippen molar-refractivity contribution in [1.82, 2.24) is 9.97 Å². The highest BCUT2D eigenvalue weighted by Crippen LogP contribution is 1.88. The predicted octanol–water partition coefficient (Wildman–Crippen LogP) is 0.924. The topological polar surface area (TPSA) is 25.8 Å². The second-order valence-electron chi connectivity index (χ2n) is 1.47. The Labute approximate surface area is 46.4 Å². The van der Waals surface area contributed by atoms with E-state index in [0.29, 0.717) is 5.69 Å². The molecule has 0 bridgehead atoms. The Hall–Kier alpha value is -0.990. The second kappa shape index (κ2) is 1.86. The van der Waals surface area contributed by atoms with Gasteiger partial charge in [0.15, 0.2) is 0 Å². The number of nitrogens with zero attached hydrogens (tertiary/aromatic N) is 2. The van der Waals surface area contributed by atoms with Gasteiger partial charge in [0.05, 0.1) is 0 Å². The number of rotatable bonds is 0. The molecule has 1 rings (SSSR count). The van der Waals surface area contributed by atoms with Crippen LogP contribution in [0.4, 0.5) is 4.39 Å². The van der Waals surface area contributed by atoms with Crippen LogP contribution in [0.2, 0.25) is 0 Å². The Morgan fingerprint density at radius 1 is 1.62 bits per heavy atom. The molecule has 0 aliphatic carbocycles. The number of halogens is 1. The molecule has 0 radical (unpaired) electrons. The number of aryl methyl sites for hydroxylation is 1. The quantitative estimate of drug-likeness (QED) is 0.466. The molecule has 0 aliphatic heterocycles. The summed E-state index contributed by atoms with van der Waals surface area (Å²) in [6, 6.07) is 1.64. The third-order valence-electron chi connectivity index (χ3n) is 0.765. The molecule has 1 aromatic heterocycles. The molecule has 8 heavy (non-hydrogen) atoms. The Balaban J connectivity index is 3.08. The van der Waals surface area contributed by atoms with E-state index in [9.17, 15) is 4.39 Å².